The van der Waals surface area contributed by atoms with E-state index in [4.69, 9.17) is 10.5 Å². The second kappa shape index (κ2) is 4.44. The van der Waals surface area contributed by atoms with Crippen molar-refractivity contribution in [3.63, 3.8) is 0 Å². The quantitative estimate of drug-likeness (QED) is 0.489. The highest BCUT2D eigenvalue weighted by Crippen LogP contribution is 2.00. The standard InChI is InChI=1S/C11H11NO/c1-9(13)2-3-10-4-6-11(8-12)7-5-10/h4-9,12-13H,1H3. The number of benzene rings is 1. The molecule has 0 bridgehead atoms. The van der Waals surface area contributed by atoms with Crippen LogP contribution in [0.5, 0.6) is 0 Å². The van der Waals surface area contributed by atoms with Crippen LogP contribution < -0.4 is 0 Å². The van der Waals surface area contributed by atoms with Crippen LogP contribution in [0.2, 0.25) is 0 Å². The Balaban J connectivity index is 2.82. The zero-order valence-electron chi connectivity index (χ0n) is 7.41. The number of aliphatic hydroxyl groups excluding tert-OH is 1. The third kappa shape index (κ3) is 3.10. The van der Waals surface area contributed by atoms with Gasteiger partial charge in [0.05, 0.1) is 0 Å². The third-order valence-corrected chi connectivity index (χ3v) is 1.50. The van der Waals surface area contributed by atoms with Gasteiger partial charge in [0.1, 0.15) is 6.10 Å². The lowest BCUT2D eigenvalue weighted by molar-refractivity contribution is 0.253. The number of aliphatic hydroxyl groups is 1. The monoisotopic (exact) mass is 173 g/mol. The third-order valence-electron chi connectivity index (χ3n) is 1.50. The molecule has 1 unspecified atom stereocenters. The molecule has 1 aromatic rings. The highest BCUT2D eigenvalue weighted by molar-refractivity contribution is 5.76. The SMILES string of the molecule is CC(O)C#Cc1ccc(C=N)cc1. The lowest BCUT2D eigenvalue weighted by Crippen LogP contribution is -1.92. The molecule has 0 saturated carbocycles. The van der Waals surface area contributed by atoms with Gasteiger partial charge in [0.2, 0.25) is 0 Å². The molecule has 0 aliphatic rings. The molecular weight excluding hydrogens is 162 g/mol. The second-order valence-electron chi connectivity index (χ2n) is 2.71. The fourth-order valence-corrected chi connectivity index (χ4v) is 0.850. The average molecular weight is 173 g/mol. The van der Waals surface area contributed by atoms with Gasteiger partial charge in [-0.15, -0.1) is 0 Å². The molecule has 66 valence electrons. The van der Waals surface area contributed by atoms with E-state index in [9.17, 15) is 0 Å². The fourth-order valence-electron chi connectivity index (χ4n) is 0.850. The van der Waals surface area contributed by atoms with E-state index in [1.807, 2.05) is 24.3 Å². The number of nitrogens with one attached hydrogen (secondary N) is 1. The molecular formula is C11H11NO. The van der Waals surface area contributed by atoms with Gasteiger partial charge in [-0.05, 0) is 24.6 Å². The van der Waals surface area contributed by atoms with Crippen LogP contribution >= 0.6 is 0 Å². The molecule has 13 heavy (non-hydrogen) atoms. The summed E-state index contributed by atoms with van der Waals surface area (Å²) in [6, 6.07) is 7.30. The molecule has 1 rings (SSSR count). The Kier molecular flexibility index (Phi) is 3.24. The van der Waals surface area contributed by atoms with Gasteiger partial charge in [0.15, 0.2) is 0 Å². The van der Waals surface area contributed by atoms with Crippen molar-refractivity contribution in [2.75, 3.05) is 0 Å². The van der Waals surface area contributed by atoms with Crippen LogP contribution in [0.4, 0.5) is 0 Å². The molecule has 1 aromatic carbocycles. The fraction of sp³-hybridized carbons (Fsp3) is 0.182. The van der Waals surface area contributed by atoms with Crippen molar-refractivity contribution in [1.82, 2.24) is 0 Å². The highest BCUT2D eigenvalue weighted by Gasteiger charge is 1.88. The highest BCUT2D eigenvalue weighted by atomic mass is 16.3. The number of rotatable bonds is 1. The van der Waals surface area contributed by atoms with E-state index < -0.39 is 6.10 Å². The lowest BCUT2D eigenvalue weighted by atomic mass is 10.1. The average Bonchev–Trinajstić information content (AvgIpc) is 2.15. The van der Waals surface area contributed by atoms with Gasteiger partial charge in [0.25, 0.3) is 0 Å². The molecule has 0 amide bonds. The van der Waals surface area contributed by atoms with Crippen molar-refractivity contribution in [3.05, 3.63) is 35.4 Å². The minimum atomic E-state index is -0.595. The molecule has 2 N–H and O–H groups in total. The molecule has 0 spiro atoms. The van der Waals surface area contributed by atoms with E-state index >= 15 is 0 Å². The van der Waals surface area contributed by atoms with Crippen molar-refractivity contribution < 1.29 is 5.11 Å². The molecule has 0 heterocycles. The summed E-state index contributed by atoms with van der Waals surface area (Å²) in [6.07, 6.45) is 0.689. The summed E-state index contributed by atoms with van der Waals surface area (Å²) in [5.74, 6) is 5.47. The molecule has 0 aliphatic heterocycles. The van der Waals surface area contributed by atoms with Gasteiger partial charge in [0, 0.05) is 11.8 Å². The summed E-state index contributed by atoms with van der Waals surface area (Å²) in [6.45, 7) is 1.62. The Morgan fingerprint density at radius 2 is 2.00 bits per heavy atom. The Labute approximate surface area is 77.7 Å². The molecule has 1 atom stereocenters. The lowest BCUT2D eigenvalue weighted by Gasteiger charge is -1.92. The Bertz CT molecular complexity index is 341. The van der Waals surface area contributed by atoms with E-state index in [0.29, 0.717) is 0 Å². The summed E-state index contributed by atoms with van der Waals surface area (Å²) in [5, 5.41) is 15.9. The molecule has 2 nitrogen and oxygen atoms in total. The first-order valence-electron chi connectivity index (χ1n) is 4.02. The van der Waals surface area contributed by atoms with E-state index in [1.165, 1.54) is 6.21 Å². The first-order valence-corrected chi connectivity index (χ1v) is 4.02. The van der Waals surface area contributed by atoms with Gasteiger partial charge < -0.3 is 10.5 Å². The maximum Gasteiger partial charge on any atom is 0.112 e. The molecule has 0 radical (unpaired) electrons. The minimum Gasteiger partial charge on any atom is -0.381 e. The minimum absolute atomic E-state index is 0.595. The van der Waals surface area contributed by atoms with Crippen molar-refractivity contribution in [3.8, 4) is 11.8 Å². The summed E-state index contributed by atoms with van der Waals surface area (Å²) >= 11 is 0. The van der Waals surface area contributed by atoms with Crippen LogP contribution in [0.25, 0.3) is 0 Å². The topological polar surface area (TPSA) is 44.1 Å². The molecule has 0 saturated heterocycles. The maximum absolute atomic E-state index is 8.90. The smallest absolute Gasteiger partial charge is 0.112 e. The van der Waals surface area contributed by atoms with Crippen molar-refractivity contribution >= 4 is 6.21 Å². The van der Waals surface area contributed by atoms with Crippen LogP contribution in [0.15, 0.2) is 24.3 Å². The normalized spacial score (nSPS) is 11.2. The largest absolute Gasteiger partial charge is 0.381 e. The first-order chi connectivity index (χ1) is 6.22. The summed E-state index contributed by atoms with van der Waals surface area (Å²) in [5.41, 5.74) is 1.70. The van der Waals surface area contributed by atoms with E-state index in [1.54, 1.807) is 6.92 Å². The predicted octanol–water partition coefficient (Wildman–Crippen LogP) is 1.42. The van der Waals surface area contributed by atoms with Gasteiger partial charge in [-0.2, -0.15) is 0 Å². The van der Waals surface area contributed by atoms with E-state index in [-0.39, 0.29) is 0 Å². The van der Waals surface area contributed by atoms with Crippen LogP contribution in [0.1, 0.15) is 18.1 Å². The molecule has 0 fully saturated rings. The van der Waals surface area contributed by atoms with Crippen LogP contribution in [-0.4, -0.2) is 17.4 Å². The van der Waals surface area contributed by atoms with Gasteiger partial charge in [-0.25, -0.2) is 0 Å². The number of hydrogen-bond acceptors (Lipinski definition) is 2. The molecule has 2 heteroatoms. The zero-order valence-corrected chi connectivity index (χ0v) is 7.41. The molecule has 0 aromatic heterocycles. The summed E-state index contributed by atoms with van der Waals surface area (Å²) in [4.78, 5) is 0. The number of hydrogen-bond donors (Lipinski definition) is 2. The van der Waals surface area contributed by atoms with Crippen molar-refractivity contribution in [1.29, 1.82) is 5.41 Å². The maximum atomic E-state index is 8.90. The Hall–Kier alpha value is -1.59. The van der Waals surface area contributed by atoms with Gasteiger partial charge >= 0.3 is 0 Å². The molecule has 0 aliphatic carbocycles. The van der Waals surface area contributed by atoms with Gasteiger partial charge in [-0.3, -0.25) is 0 Å². The predicted molar refractivity (Wildman–Crippen MR) is 52.9 cm³/mol. The zero-order chi connectivity index (χ0) is 9.68. The van der Waals surface area contributed by atoms with Crippen molar-refractivity contribution in [2.45, 2.75) is 13.0 Å². The van der Waals surface area contributed by atoms with Crippen LogP contribution in [-0.2, 0) is 0 Å². The van der Waals surface area contributed by atoms with Crippen LogP contribution in [0, 0.1) is 17.3 Å². The van der Waals surface area contributed by atoms with E-state index in [2.05, 4.69) is 11.8 Å². The second-order valence-corrected chi connectivity index (χ2v) is 2.71. The first kappa shape index (κ1) is 9.50. The van der Waals surface area contributed by atoms with E-state index in [0.717, 1.165) is 11.1 Å². The Morgan fingerprint density at radius 3 is 2.46 bits per heavy atom. The van der Waals surface area contributed by atoms with Crippen LogP contribution in [0.3, 0.4) is 0 Å². The van der Waals surface area contributed by atoms with Crippen molar-refractivity contribution in [2.24, 2.45) is 0 Å². The van der Waals surface area contributed by atoms with Gasteiger partial charge in [-0.1, -0.05) is 24.0 Å². The Morgan fingerprint density at radius 1 is 1.38 bits per heavy atom. The summed E-state index contributed by atoms with van der Waals surface area (Å²) in [7, 11) is 0. The summed E-state index contributed by atoms with van der Waals surface area (Å²) < 4.78 is 0.